The highest BCUT2D eigenvalue weighted by atomic mass is 35.5. The normalized spacial score (nSPS) is 10.9. The van der Waals surface area contributed by atoms with E-state index in [0.717, 1.165) is 18.4 Å². The topological polar surface area (TPSA) is 37.3 Å². The van der Waals surface area contributed by atoms with Crippen molar-refractivity contribution in [2.75, 3.05) is 5.88 Å². The second-order valence-electron chi connectivity index (χ2n) is 3.87. The van der Waals surface area contributed by atoms with Crippen LogP contribution in [0.1, 0.15) is 30.4 Å². The number of carboxylic acid groups (broad SMARTS) is 1. The zero-order chi connectivity index (χ0) is 12.5. The Labute approximate surface area is 107 Å². The summed E-state index contributed by atoms with van der Waals surface area (Å²) in [5, 5.41) is 8.54. The summed E-state index contributed by atoms with van der Waals surface area (Å²) in [6.07, 6.45) is 6.71. The molecular weight excluding hydrogens is 236 g/mol. The SMILES string of the molecule is O=C(O)CCCc1ccc(C=CCCCl)cc1. The first-order chi connectivity index (χ1) is 8.22. The van der Waals surface area contributed by atoms with E-state index in [-0.39, 0.29) is 6.42 Å². The molecule has 3 heteroatoms. The van der Waals surface area contributed by atoms with Crippen molar-refractivity contribution in [2.45, 2.75) is 25.7 Å². The number of alkyl halides is 1. The zero-order valence-corrected chi connectivity index (χ0v) is 10.5. The van der Waals surface area contributed by atoms with Gasteiger partial charge in [-0.1, -0.05) is 36.4 Å². The highest BCUT2D eigenvalue weighted by Gasteiger charge is 1.98. The summed E-state index contributed by atoms with van der Waals surface area (Å²) in [4.78, 5) is 10.4. The van der Waals surface area contributed by atoms with Gasteiger partial charge in [0.1, 0.15) is 0 Å². The van der Waals surface area contributed by atoms with E-state index < -0.39 is 5.97 Å². The molecule has 0 aliphatic rings. The lowest BCUT2D eigenvalue weighted by Crippen LogP contribution is -1.95. The molecular formula is C14H17ClO2. The minimum atomic E-state index is -0.731. The summed E-state index contributed by atoms with van der Waals surface area (Å²) < 4.78 is 0. The highest BCUT2D eigenvalue weighted by molar-refractivity contribution is 6.17. The smallest absolute Gasteiger partial charge is 0.303 e. The van der Waals surface area contributed by atoms with Gasteiger partial charge in [0.2, 0.25) is 0 Å². The van der Waals surface area contributed by atoms with Gasteiger partial charge in [0, 0.05) is 12.3 Å². The van der Waals surface area contributed by atoms with Crippen LogP contribution in [0.5, 0.6) is 0 Å². The van der Waals surface area contributed by atoms with Crippen molar-refractivity contribution in [1.82, 2.24) is 0 Å². The van der Waals surface area contributed by atoms with E-state index in [4.69, 9.17) is 16.7 Å². The predicted molar refractivity (Wildman–Crippen MR) is 71.4 cm³/mol. The molecule has 1 rings (SSSR count). The number of aryl methyl sites for hydroxylation is 1. The molecule has 0 saturated heterocycles. The number of halogens is 1. The molecule has 0 saturated carbocycles. The van der Waals surface area contributed by atoms with Crippen LogP contribution < -0.4 is 0 Å². The van der Waals surface area contributed by atoms with Gasteiger partial charge < -0.3 is 5.11 Å². The van der Waals surface area contributed by atoms with Gasteiger partial charge >= 0.3 is 5.97 Å². The molecule has 17 heavy (non-hydrogen) atoms. The molecule has 1 N–H and O–H groups in total. The van der Waals surface area contributed by atoms with Crippen LogP contribution in [0.3, 0.4) is 0 Å². The van der Waals surface area contributed by atoms with E-state index >= 15 is 0 Å². The van der Waals surface area contributed by atoms with Crippen molar-refractivity contribution >= 4 is 23.6 Å². The van der Waals surface area contributed by atoms with Crippen molar-refractivity contribution in [2.24, 2.45) is 0 Å². The Morgan fingerprint density at radius 2 is 2.00 bits per heavy atom. The Morgan fingerprint density at radius 3 is 2.59 bits per heavy atom. The maximum Gasteiger partial charge on any atom is 0.303 e. The summed E-state index contributed by atoms with van der Waals surface area (Å²) in [6.45, 7) is 0. The molecule has 2 nitrogen and oxygen atoms in total. The summed E-state index contributed by atoms with van der Waals surface area (Å²) in [5.74, 6) is -0.0883. The van der Waals surface area contributed by atoms with Gasteiger partial charge in [0.25, 0.3) is 0 Å². The van der Waals surface area contributed by atoms with Gasteiger partial charge in [0.05, 0.1) is 0 Å². The molecule has 0 radical (unpaired) electrons. The fourth-order valence-corrected chi connectivity index (χ4v) is 1.65. The molecule has 0 atom stereocenters. The van der Waals surface area contributed by atoms with E-state index in [2.05, 4.69) is 0 Å². The Kier molecular flexibility index (Phi) is 6.41. The van der Waals surface area contributed by atoms with Crippen LogP contribution in [0.25, 0.3) is 6.08 Å². The minimum Gasteiger partial charge on any atom is -0.481 e. The van der Waals surface area contributed by atoms with Gasteiger partial charge in [-0.3, -0.25) is 4.79 Å². The van der Waals surface area contributed by atoms with Crippen LogP contribution >= 0.6 is 11.6 Å². The van der Waals surface area contributed by atoms with Crippen molar-refractivity contribution < 1.29 is 9.90 Å². The first-order valence-corrected chi connectivity index (χ1v) is 6.29. The third kappa shape index (κ3) is 6.12. The Hall–Kier alpha value is -1.28. The molecule has 1 aromatic rings. The average molecular weight is 253 g/mol. The largest absolute Gasteiger partial charge is 0.481 e. The Bertz CT molecular complexity index is 368. The predicted octanol–water partition coefficient (Wildman–Crippen LogP) is 3.74. The maximum atomic E-state index is 10.4. The standard InChI is InChI=1S/C14H17ClO2/c15-11-2-1-4-12-7-9-13(10-8-12)5-3-6-14(16)17/h1,4,7-10H,2-3,5-6,11H2,(H,16,17). The van der Waals surface area contributed by atoms with Gasteiger partial charge in [0.15, 0.2) is 0 Å². The van der Waals surface area contributed by atoms with Gasteiger partial charge in [-0.05, 0) is 30.4 Å². The lowest BCUT2D eigenvalue weighted by molar-refractivity contribution is -0.137. The summed E-state index contributed by atoms with van der Waals surface area (Å²) >= 11 is 5.58. The zero-order valence-electron chi connectivity index (χ0n) is 9.73. The summed E-state index contributed by atoms with van der Waals surface area (Å²) in [5.41, 5.74) is 2.33. The fraction of sp³-hybridized carbons (Fsp3) is 0.357. The van der Waals surface area contributed by atoms with E-state index in [1.54, 1.807) is 0 Å². The molecule has 1 aromatic carbocycles. The van der Waals surface area contributed by atoms with Crippen molar-refractivity contribution in [3.63, 3.8) is 0 Å². The van der Waals surface area contributed by atoms with Gasteiger partial charge in [-0.2, -0.15) is 0 Å². The first kappa shape index (κ1) is 13.8. The van der Waals surface area contributed by atoms with Crippen LogP contribution in [0.4, 0.5) is 0 Å². The summed E-state index contributed by atoms with van der Waals surface area (Å²) in [6, 6.07) is 8.17. The molecule has 0 fully saturated rings. The Morgan fingerprint density at radius 1 is 1.29 bits per heavy atom. The third-order valence-electron chi connectivity index (χ3n) is 2.42. The van der Waals surface area contributed by atoms with Crippen LogP contribution in [-0.2, 0) is 11.2 Å². The average Bonchev–Trinajstić information content (AvgIpc) is 2.31. The summed E-state index contributed by atoms with van der Waals surface area (Å²) in [7, 11) is 0. The van der Waals surface area contributed by atoms with Crippen molar-refractivity contribution in [1.29, 1.82) is 0 Å². The molecule has 0 amide bonds. The van der Waals surface area contributed by atoms with Crippen LogP contribution in [0, 0.1) is 0 Å². The number of carbonyl (C=O) groups is 1. The molecule has 0 heterocycles. The van der Waals surface area contributed by atoms with E-state index in [0.29, 0.717) is 12.3 Å². The molecule has 0 aliphatic carbocycles. The molecule has 0 spiro atoms. The first-order valence-electron chi connectivity index (χ1n) is 5.75. The fourth-order valence-electron chi connectivity index (χ4n) is 1.52. The van der Waals surface area contributed by atoms with Crippen molar-refractivity contribution in [3.05, 3.63) is 41.5 Å². The number of hydrogen-bond acceptors (Lipinski definition) is 1. The quantitative estimate of drug-likeness (QED) is 0.751. The molecule has 0 bridgehead atoms. The number of rotatable bonds is 7. The van der Waals surface area contributed by atoms with E-state index in [1.807, 2.05) is 36.4 Å². The van der Waals surface area contributed by atoms with Gasteiger partial charge in [-0.15, -0.1) is 11.6 Å². The maximum absolute atomic E-state index is 10.4. The molecule has 0 aliphatic heterocycles. The van der Waals surface area contributed by atoms with Gasteiger partial charge in [-0.25, -0.2) is 0 Å². The Balaban J connectivity index is 2.41. The number of allylic oxidation sites excluding steroid dienone is 1. The molecule has 92 valence electrons. The molecule has 0 unspecified atom stereocenters. The number of hydrogen-bond donors (Lipinski definition) is 1. The second-order valence-corrected chi connectivity index (χ2v) is 4.25. The van der Waals surface area contributed by atoms with E-state index in [9.17, 15) is 4.79 Å². The van der Waals surface area contributed by atoms with Crippen LogP contribution in [0.2, 0.25) is 0 Å². The minimum absolute atomic E-state index is 0.234. The van der Waals surface area contributed by atoms with Crippen LogP contribution in [-0.4, -0.2) is 17.0 Å². The highest BCUT2D eigenvalue weighted by Crippen LogP contribution is 2.09. The number of carboxylic acids is 1. The van der Waals surface area contributed by atoms with Crippen molar-refractivity contribution in [3.8, 4) is 0 Å². The van der Waals surface area contributed by atoms with E-state index in [1.165, 1.54) is 5.56 Å². The monoisotopic (exact) mass is 252 g/mol. The second kappa shape index (κ2) is 7.91. The van der Waals surface area contributed by atoms with Crippen LogP contribution in [0.15, 0.2) is 30.3 Å². The number of benzene rings is 1. The lowest BCUT2D eigenvalue weighted by atomic mass is 10.1. The lowest BCUT2D eigenvalue weighted by Gasteiger charge is -2.00. The number of aliphatic carboxylic acids is 1. The third-order valence-corrected chi connectivity index (χ3v) is 2.64. The molecule has 0 aromatic heterocycles.